The molecule has 0 saturated carbocycles. The number of pyridine rings is 1. The van der Waals surface area contributed by atoms with Crippen LogP contribution in [0.15, 0.2) is 47.4 Å². The van der Waals surface area contributed by atoms with Crippen LogP contribution < -0.4 is 16.2 Å². The Morgan fingerprint density at radius 2 is 1.88 bits per heavy atom. The maximum Gasteiger partial charge on any atom is 0.409 e. The number of anilines is 3. The van der Waals surface area contributed by atoms with Crippen LogP contribution in [0.5, 0.6) is 0 Å². The summed E-state index contributed by atoms with van der Waals surface area (Å²) in [6.07, 6.45) is 0.530. The largest absolute Gasteiger partial charge is 0.465 e. The van der Waals surface area contributed by atoms with Crippen LogP contribution in [0.4, 0.5) is 22.1 Å². The maximum absolute atomic E-state index is 11.9. The van der Waals surface area contributed by atoms with Gasteiger partial charge >= 0.3 is 6.09 Å². The lowest BCUT2D eigenvalue weighted by atomic mass is 10.3. The second-order valence-corrected chi connectivity index (χ2v) is 5.02. The molecule has 2 aromatic heterocycles. The molecule has 0 atom stereocenters. The summed E-state index contributed by atoms with van der Waals surface area (Å²) in [4.78, 5) is 31.1. The Morgan fingerprint density at radius 3 is 2.54 bits per heavy atom. The third kappa shape index (κ3) is 3.17. The van der Waals surface area contributed by atoms with Crippen molar-refractivity contribution >= 4 is 34.4 Å². The molecule has 0 saturated heterocycles. The molecule has 2 heterocycles. The van der Waals surface area contributed by atoms with Crippen LogP contribution in [0.2, 0.25) is 0 Å². The standard InChI is InChI=1S/C16H15N5O3/c1-2-21-13(22)8-3-10-9-17-15(20-14(10)21)18-11-4-6-12(7-5-11)19-16(23)24/h3-9,19H,2H2,1H3,(H,23,24)(H,17,18,20). The van der Waals surface area contributed by atoms with Crippen molar-refractivity contribution in [1.82, 2.24) is 14.5 Å². The Balaban J connectivity index is 1.90. The van der Waals surface area contributed by atoms with Crippen molar-refractivity contribution < 1.29 is 9.90 Å². The zero-order valence-corrected chi connectivity index (χ0v) is 12.9. The van der Waals surface area contributed by atoms with Gasteiger partial charge in [-0.05, 0) is 37.3 Å². The van der Waals surface area contributed by atoms with Gasteiger partial charge in [-0.1, -0.05) is 0 Å². The summed E-state index contributed by atoms with van der Waals surface area (Å²) < 4.78 is 1.57. The number of hydrogen-bond donors (Lipinski definition) is 3. The SMILES string of the molecule is CCn1c(=O)ccc2cnc(Nc3ccc(NC(=O)O)cc3)nc21. The normalized spacial score (nSPS) is 10.5. The van der Waals surface area contributed by atoms with Crippen molar-refractivity contribution in [3.63, 3.8) is 0 Å². The van der Waals surface area contributed by atoms with Crippen molar-refractivity contribution in [2.24, 2.45) is 0 Å². The van der Waals surface area contributed by atoms with Gasteiger partial charge in [0, 0.05) is 35.6 Å². The minimum atomic E-state index is -1.12. The minimum Gasteiger partial charge on any atom is -0.465 e. The number of nitrogens with zero attached hydrogens (tertiary/aromatic N) is 3. The molecular formula is C16H15N5O3. The molecule has 0 aliphatic rings. The van der Waals surface area contributed by atoms with E-state index in [0.717, 1.165) is 5.39 Å². The van der Waals surface area contributed by atoms with Gasteiger partial charge in [0.15, 0.2) is 0 Å². The summed E-state index contributed by atoms with van der Waals surface area (Å²) >= 11 is 0. The van der Waals surface area contributed by atoms with Gasteiger partial charge in [0.1, 0.15) is 5.65 Å². The van der Waals surface area contributed by atoms with E-state index in [4.69, 9.17) is 5.11 Å². The van der Waals surface area contributed by atoms with Crippen molar-refractivity contribution in [1.29, 1.82) is 0 Å². The molecule has 24 heavy (non-hydrogen) atoms. The van der Waals surface area contributed by atoms with Crippen LogP contribution in [0.1, 0.15) is 6.92 Å². The highest BCUT2D eigenvalue weighted by molar-refractivity contribution is 5.83. The van der Waals surface area contributed by atoms with Crippen molar-refractivity contribution in [3.05, 3.63) is 52.9 Å². The molecule has 3 N–H and O–H groups in total. The zero-order chi connectivity index (χ0) is 17.1. The van der Waals surface area contributed by atoms with Gasteiger partial charge in [-0.25, -0.2) is 9.78 Å². The summed E-state index contributed by atoms with van der Waals surface area (Å²) in [5.41, 5.74) is 1.62. The first kappa shape index (κ1) is 15.5. The smallest absolute Gasteiger partial charge is 0.409 e. The van der Waals surface area contributed by atoms with Crippen molar-refractivity contribution in [2.45, 2.75) is 13.5 Å². The molecule has 8 nitrogen and oxygen atoms in total. The number of benzene rings is 1. The number of nitrogens with one attached hydrogen (secondary N) is 2. The molecule has 0 bridgehead atoms. The predicted octanol–water partition coefficient (Wildman–Crippen LogP) is 2.64. The molecule has 122 valence electrons. The summed E-state index contributed by atoms with van der Waals surface area (Å²) in [5.74, 6) is 0.356. The minimum absolute atomic E-state index is 0.112. The first-order chi connectivity index (χ1) is 11.6. The van der Waals surface area contributed by atoms with Crippen LogP contribution in [0, 0.1) is 0 Å². The van der Waals surface area contributed by atoms with E-state index in [1.54, 1.807) is 41.1 Å². The number of rotatable bonds is 4. The van der Waals surface area contributed by atoms with E-state index in [-0.39, 0.29) is 5.56 Å². The highest BCUT2D eigenvalue weighted by Gasteiger charge is 2.06. The lowest BCUT2D eigenvalue weighted by Gasteiger charge is -2.09. The highest BCUT2D eigenvalue weighted by atomic mass is 16.4. The third-order valence-corrected chi connectivity index (χ3v) is 3.43. The Kier molecular flexibility index (Phi) is 4.11. The highest BCUT2D eigenvalue weighted by Crippen LogP contribution is 2.18. The van der Waals surface area contributed by atoms with Gasteiger partial charge in [-0.15, -0.1) is 0 Å². The second kappa shape index (κ2) is 6.37. The van der Waals surface area contributed by atoms with Crippen LogP contribution in [-0.2, 0) is 6.54 Å². The van der Waals surface area contributed by atoms with E-state index in [1.165, 1.54) is 6.07 Å². The molecule has 1 amide bonds. The quantitative estimate of drug-likeness (QED) is 0.680. The molecule has 0 unspecified atom stereocenters. The van der Waals surface area contributed by atoms with Gasteiger partial charge in [-0.3, -0.25) is 14.7 Å². The Labute approximate surface area is 136 Å². The Bertz CT molecular complexity index is 950. The topological polar surface area (TPSA) is 109 Å². The number of hydrogen-bond acceptors (Lipinski definition) is 5. The van der Waals surface area contributed by atoms with E-state index in [2.05, 4.69) is 20.6 Å². The average molecular weight is 325 g/mol. The second-order valence-electron chi connectivity index (χ2n) is 5.02. The molecule has 3 aromatic rings. The molecular weight excluding hydrogens is 310 g/mol. The lowest BCUT2D eigenvalue weighted by Crippen LogP contribution is -2.19. The lowest BCUT2D eigenvalue weighted by molar-refractivity contribution is 0.210. The first-order valence-electron chi connectivity index (χ1n) is 7.30. The molecule has 8 heteroatoms. The zero-order valence-electron chi connectivity index (χ0n) is 12.9. The number of amides is 1. The molecule has 0 radical (unpaired) electrons. The maximum atomic E-state index is 11.9. The van der Waals surface area contributed by atoms with Crippen LogP contribution in [0.25, 0.3) is 11.0 Å². The third-order valence-electron chi connectivity index (χ3n) is 3.43. The van der Waals surface area contributed by atoms with Gasteiger partial charge in [-0.2, -0.15) is 4.98 Å². The monoisotopic (exact) mass is 325 g/mol. The van der Waals surface area contributed by atoms with Crippen LogP contribution in [0.3, 0.4) is 0 Å². The molecule has 0 spiro atoms. The van der Waals surface area contributed by atoms with E-state index in [0.29, 0.717) is 29.5 Å². The predicted molar refractivity (Wildman–Crippen MR) is 90.8 cm³/mol. The first-order valence-corrected chi connectivity index (χ1v) is 7.30. The number of aromatic nitrogens is 3. The van der Waals surface area contributed by atoms with E-state index in [9.17, 15) is 9.59 Å². The Hall–Kier alpha value is -3.42. The van der Waals surface area contributed by atoms with E-state index >= 15 is 0 Å². The van der Waals surface area contributed by atoms with Gasteiger partial charge in [0.25, 0.3) is 5.56 Å². The summed E-state index contributed by atoms with van der Waals surface area (Å²) in [6.45, 7) is 2.40. The van der Waals surface area contributed by atoms with E-state index in [1.807, 2.05) is 6.92 Å². The van der Waals surface area contributed by atoms with Gasteiger partial charge in [0.05, 0.1) is 0 Å². The fourth-order valence-electron chi connectivity index (χ4n) is 2.33. The van der Waals surface area contributed by atoms with Gasteiger partial charge < -0.3 is 10.4 Å². The number of aryl methyl sites for hydroxylation is 1. The van der Waals surface area contributed by atoms with Crippen molar-refractivity contribution in [3.8, 4) is 0 Å². The molecule has 0 aliphatic heterocycles. The summed E-state index contributed by atoms with van der Waals surface area (Å²) in [6, 6.07) is 9.85. The summed E-state index contributed by atoms with van der Waals surface area (Å²) in [5, 5.41) is 14.7. The van der Waals surface area contributed by atoms with Gasteiger partial charge in [0.2, 0.25) is 5.95 Å². The van der Waals surface area contributed by atoms with Crippen LogP contribution >= 0.6 is 0 Å². The van der Waals surface area contributed by atoms with Crippen molar-refractivity contribution in [2.75, 3.05) is 10.6 Å². The van der Waals surface area contributed by atoms with Crippen LogP contribution in [-0.4, -0.2) is 25.7 Å². The Morgan fingerprint density at radius 1 is 1.17 bits per heavy atom. The number of fused-ring (bicyclic) bond motifs is 1. The number of carboxylic acid groups (broad SMARTS) is 1. The fourth-order valence-corrected chi connectivity index (χ4v) is 2.33. The van der Waals surface area contributed by atoms with E-state index < -0.39 is 6.09 Å². The fraction of sp³-hybridized carbons (Fsp3) is 0.125. The molecule has 1 aromatic carbocycles. The molecule has 0 aliphatic carbocycles. The average Bonchev–Trinajstić information content (AvgIpc) is 2.56. The summed E-state index contributed by atoms with van der Waals surface area (Å²) in [7, 11) is 0. The molecule has 3 rings (SSSR count). The number of carbonyl (C=O) groups is 1. The molecule has 0 fully saturated rings.